The molecule has 1 fully saturated rings. The van der Waals surface area contributed by atoms with Crippen molar-refractivity contribution >= 4 is 5.82 Å². The van der Waals surface area contributed by atoms with Gasteiger partial charge in [-0.1, -0.05) is 20.8 Å². The van der Waals surface area contributed by atoms with Gasteiger partial charge in [0.25, 0.3) is 0 Å². The van der Waals surface area contributed by atoms with Crippen molar-refractivity contribution < 1.29 is 0 Å². The van der Waals surface area contributed by atoms with E-state index in [1.54, 1.807) is 0 Å². The molecule has 2 rings (SSSR count). The number of nitrogens with zero attached hydrogens (tertiary/aromatic N) is 2. The second-order valence-electron chi connectivity index (χ2n) is 7.21. The summed E-state index contributed by atoms with van der Waals surface area (Å²) in [6, 6.07) is 2.21. The number of rotatable bonds is 5. The molecule has 1 saturated heterocycles. The number of aryl methyl sites for hydroxylation is 2. The Kier molecular flexibility index (Phi) is 5.26. The number of hydrogen-bond donors (Lipinski definition) is 1. The van der Waals surface area contributed by atoms with Gasteiger partial charge in [0.2, 0.25) is 0 Å². The van der Waals surface area contributed by atoms with Crippen LogP contribution in [-0.2, 0) is 6.54 Å². The Morgan fingerprint density at radius 2 is 1.90 bits per heavy atom. The standard InChI is InChI=1S/C18H31N3/c1-6-9-19-13-16-14(2)12-15(3)20-17(16)21-10-7-18(4,5)8-11-21/h12,19H,6-11,13H2,1-5H3. The molecule has 0 aromatic carbocycles. The van der Waals surface area contributed by atoms with Crippen LogP contribution >= 0.6 is 0 Å². The first-order chi connectivity index (χ1) is 9.93. The summed E-state index contributed by atoms with van der Waals surface area (Å²) in [5, 5.41) is 3.54. The number of pyridine rings is 1. The second kappa shape index (κ2) is 6.78. The van der Waals surface area contributed by atoms with E-state index < -0.39 is 0 Å². The molecule has 0 radical (unpaired) electrons. The van der Waals surface area contributed by atoms with Crippen molar-refractivity contribution in [2.24, 2.45) is 5.41 Å². The zero-order valence-corrected chi connectivity index (χ0v) is 14.4. The Morgan fingerprint density at radius 3 is 2.52 bits per heavy atom. The fraction of sp³-hybridized carbons (Fsp3) is 0.722. The lowest BCUT2D eigenvalue weighted by Crippen LogP contribution is -2.38. The van der Waals surface area contributed by atoms with Gasteiger partial charge in [-0.2, -0.15) is 0 Å². The van der Waals surface area contributed by atoms with Crippen LogP contribution in [0.25, 0.3) is 0 Å². The van der Waals surface area contributed by atoms with E-state index in [-0.39, 0.29) is 0 Å². The van der Waals surface area contributed by atoms with E-state index in [2.05, 4.69) is 50.9 Å². The summed E-state index contributed by atoms with van der Waals surface area (Å²) in [7, 11) is 0. The third-order valence-electron chi connectivity index (χ3n) is 4.60. The van der Waals surface area contributed by atoms with Crippen LogP contribution in [-0.4, -0.2) is 24.6 Å². The molecule has 3 heteroatoms. The summed E-state index contributed by atoms with van der Waals surface area (Å²) in [5.41, 5.74) is 4.36. The topological polar surface area (TPSA) is 28.2 Å². The van der Waals surface area contributed by atoms with Gasteiger partial charge in [-0.15, -0.1) is 0 Å². The fourth-order valence-corrected chi connectivity index (χ4v) is 3.04. The Hall–Kier alpha value is -1.09. The lowest BCUT2D eigenvalue weighted by molar-refractivity contribution is 0.279. The molecule has 3 nitrogen and oxygen atoms in total. The summed E-state index contributed by atoms with van der Waals surface area (Å²) in [6.45, 7) is 15.5. The van der Waals surface area contributed by atoms with E-state index >= 15 is 0 Å². The van der Waals surface area contributed by atoms with Crippen molar-refractivity contribution in [3.8, 4) is 0 Å². The summed E-state index contributed by atoms with van der Waals surface area (Å²) in [6.07, 6.45) is 3.68. The SMILES string of the molecule is CCCNCc1c(C)cc(C)nc1N1CCC(C)(C)CC1. The number of hydrogen-bond acceptors (Lipinski definition) is 3. The lowest BCUT2D eigenvalue weighted by atomic mass is 9.82. The Bertz CT molecular complexity index is 470. The molecule has 1 aromatic heterocycles. The summed E-state index contributed by atoms with van der Waals surface area (Å²) >= 11 is 0. The molecule has 0 atom stereocenters. The molecular weight excluding hydrogens is 258 g/mol. The van der Waals surface area contributed by atoms with Gasteiger partial charge in [0.1, 0.15) is 5.82 Å². The minimum Gasteiger partial charge on any atom is -0.356 e. The molecule has 118 valence electrons. The van der Waals surface area contributed by atoms with Gasteiger partial charge < -0.3 is 10.2 Å². The van der Waals surface area contributed by atoms with Gasteiger partial charge in [0.15, 0.2) is 0 Å². The molecule has 0 spiro atoms. The predicted molar refractivity (Wildman–Crippen MR) is 90.9 cm³/mol. The smallest absolute Gasteiger partial charge is 0.133 e. The van der Waals surface area contributed by atoms with Gasteiger partial charge in [-0.3, -0.25) is 0 Å². The number of anilines is 1. The molecule has 21 heavy (non-hydrogen) atoms. The van der Waals surface area contributed by atoms with Crippen molar-refractivity contribution in [3.63, 3.8) is 0 Å². The highest BCUT2D eigenvalue weighted by molar-refractivity contribution is 5.52. The highest BCUT2D eigenvalue weighted by Crippen LogP contribution is 2.33. The first kappa shape index (κ1) is 16.3. The first-order valence-electron chi connectivity index (χ1n) is 8.36. The molecule has 2 heterocycles. The second-order valence-corrected chi connectivity index (χ2v) is 7.21. The van der Waals surface area contributed by atoms with Crippen LogP contribution in [0.1, 0.15) is 56.9 Å². The molecule has 1 aliphatic rings. The Labute approximate surface area is 130 Å². The van der Waals surface area contributed by atoms with Gasteiger partial charge >= 0.3 is 0 Å². The number of aromatic nitrogens is 1. The molecule has 0 aliphatic carbocycles. The van der Waals surface area contributed by atoms with Crippen molar-refractivity contribution in [2.75, 3.05) is 24.5 Å². The van der Waals surface area contributed by atoms with E-state index in [1.807, 2.05) is 0 Å². The molecular formula is C18H31N3. The summed E-state index contributed by atoms with van der Waals surface area (Å²) < 4.78 is 0. The highest BCUT2D eigenvalue weighted by Gasteiger charge is 2.27. The molecule has 0 amide bonds. The molecule has 1 N–H and O–H groups in total. The third-order valence-corrected chi connectivity index (χ3v) is 4.60. The number of nitrogens with one attached hydrogen (secondary N) is 1. The maximum absolute atomic E-state index is 4.87. The van der Waals surface area contributed by atoms with Crippen LogP contribution in [0.15, 0.2) is 6.07 Å². The van der Waals surface area contributed by atoms with Gasteiger partial charge in [0.05, 0.1) is 0 Å². The van der Waals surface area contributed by atoms with Crippen LogP contribution in [0.4, 0.5) is 5.82 Å². The average molecular weight is 289 g/mol. The minimum atomic E-state index is 0.482. The Morgan fingerprint density at radius 1 is 1.24 bits per heavy atom. The summed E-state index contributed by atoms with van der Waals surface area (Å²) in [4.78, 5) is 7.36. The Balaban J connectivity index is 2.20. The highest BCUT2D eigenvalue weighted by atomic mass is 15.2. The normalized spacial score (nSPS) is 18.0. The van der Waals surface area contributed by atoms with Gasteiger partial charge in [0, 0.05) is 30.9 Å². The molecule has 1 aromatic rings. The van der Waals surface area contributed by atoms with E-state index in [1.165, 1.54) is 36.2 Å². The lowest BCUT2D eigenvalue weighted by Gasteiger charge is -2.38. The van der Waals surface area contributed by atoms with Crippen molar-refractivity contribution in [1.82, 2.24) is 10.3 Å². The largest absolute Gasteiger partial charge is 0.356 e. The van der Waals surface area contributed by atoms with E-state index in [0.717, 1.165) is 31.9 Å². The molecule has 0 unspecified atom stereocenters. The maximum atomic E-state index is 4.87. The summed E-state index contributed by atoms with van der Waals surface area (Å²) in [5.74, 6) is 1.21. The van der Waals surface area contributed by atoms with E-state index in [9.17, 15) is 0 Å². The zero-order valence-electron chi connectivity index (χ0n) is 14.4. The third kappa shape index (κ3) is 4.19. The number of piperidine rings is 1. The molecule has 0 saturated carbocycles. The monoisotopic (exact) mass is 289 g/mol. The van der Waals surface area contributed by atoms with Crippen LogP contribution in [0.3, 0.4) is 0 Å². The van der Waals surface area contributed by atoms with Crippen molar-refractivity contribution in [3.05, 3.63) is 22.9 Å². The maximum Gasteiger partial charge on any atom is 0.133 e. The van der Waals surface area contributed by atoms with Crippen LogP contribution in [0.2, 0.25) is 0 Å². The molecule has 0 bridgehead atoms. The fourth-order valence-electron chi connectivity index (χ4n) is 3.04. The zero-order chi connectivity index (χ0) is 15.5. The first-order valence-corrected chi connectivity index (χ1v) is 8.36. The minimum absolute atomic E-state index is 0.482. The quantitative estimate of drug-likeness (QED) is 0.835. The van der Waals surface area contributed by atoms with Crippen LogP contribution < -0.4 is 10.2 Å². The average Bonchev–Trinajstić information content (AvgIpc) is 2.41. The van der Waals surface area contributed by atoms with Crippen LogP contribution in [0, 0.1) is 19.3 Å². The van der Waals surface area contributed by atoms with Gasteiger partial charge in [-0.25, -0.2) is 4.98 Å². The predicted octanol–water partition coefficient (Wildman–Crippen LogP) is 3.82. The van der Waals surface area contributed by atoms with Crippen molar-refractivity contribution in [1.29, 1.82) is 0 Å². The van der Waals surface area contributed by atoms with Gasteiger partial charge in [-0.05, 0) is 56.7 Å². The molecule has 1 aliphatic heterocycles. The van der Waals surface area contributed by atoms with E-state index in [0.29, 0.717) is 5.41 Å². The van der Waals surface area contributed by atoms with Crippen molar-refractivity contribution in [2.45, 2.75) is 60.4 Å². The van der Waals surface area contributed by atoms with E-state index in [4.69, 9.17) is 4.98 Å². The van der Waals surface area contributed by atoms with Crippen LogP contribution in [0.5, 0.6) is 0 Å².